The third kappa shape index (κ3) is 4.85. The van der Waals surface area contributed by atoms with Crippen LogP contribution in [-0.4, -0.2) is 52.6 Å². The molecule has 0 spiro atoms. The highest BCUT2D eigenvalue weighted by Gasteiger charge is 2.13. The molecular formula is C18H17N5O3S. The van der Waals surface area contributed by atoms with E-state index in [9.17, 15) is 9.59 Å². The summed E-state index contributed by atoms with van der Waals surface area (Å²) < 4.78 is 5.43. The summed E-state index contributed by atoms with van der Waals surface area (Å²) in [6.45, 7) is -0.0953. The van der Waals surface area contributed by atoms with Crippen LogP contribution in [0.25, 0.3) is 10.7 Å². The largest absolute Gasteiger partial charge is 0.484 e. The van der Waals surface area contributed by atoms with Gasteiger partial charge in [0, 0.05) is 25.9 Å². The number of anilines is 1. The van der Waals surface area contributed by atoms with E-state index >= 15 is 0 Å². The zero-order chi connectivity index (χ0) is 19.2. The lowest BCUT2D eigenvalue weighted by Crippen LogP contribution is -2.27. The quantitative estimate of drug-likeness (QED) is 0.702. The van der Waals surface area contributed by atoms with Crippen LogP contribution in [0, 0.1) is 0 Å². The van der Waals surface area contributed by atoms with E-state index in [1.807, 2.05) is 18.2 Å². The molecule has 8 nitrogen and oxygen atoms in total. The Balaban J connectivity index is 1.65. The van der Waals surface area contributed by atoms with Crippen molar-refractivity contribution in [3.8, 4) is 16.5 Å². The summed E-state index contributed by atoms with van der Waals surface area (Å²) in [5, 5.41) is 11.7. The first-order valence-corrected chi connectivity index (χ1v) is 8.84. The highest BCUT2D eigenvalue weighted by molar-refractivity contribution is 7.18. The maximum absolute atomic E-state index is 12.4. The number of carbonyl (C=O) groups is 2. The first-order chi connectivity index (χ1) is 13.0. The average Bonchev–Trinajstić information content (AvgIpc) is 3.15. The minimum Gasteiger partial charge on any atom is -0.484 e. The maximum Gasteiger partial charge on any atom is 0.259 e. The van der Waals surface area contributed by atoms with Crippen molar-refractivity contribution in [3.05, 3.63) is 54.2 Å². The van der Waals surface area contributed by atoms with Crippen molar-refractivity contribution in [1.29, 1.82) is 0 Å². The number of likely N-dealkylation sites (N-methyl/N-ethyl adjacent to an activating group) is 1. The number of hydrogen-bond acceptors (Lipinski definition) is 7. The second-order valence-electron chi connectivity index (χ2n) is 5.69. The van der Waals surface area contributed by atoms with E-state index in [1.54, 1.807) is 44.6 Å². The van der Waals surface area contributed by atoms with Crippen molar-refractivity contribution in [1.82, 2.24) is 20.1 Å². The smallest absolute Gasteiger partial charge is 0.259 e. The number of pyridine rings is 1. The first-order valence-electron chi connectivity index (χ1n) is 8.02. The molecule has 0 aliphatic rings. The van der Waals surface area contributed by atoms with E-state index < -0.39 is 0 Å². The van der Waals surface area contributed by atoms with Gasteiger partial charge in [0.05, 0.1) is 0 Å². The molecule has 0 radical (unpaired) electrons. The van der Waals surface area contributed by atoms with Crippen molar-refractivity contribution in [2.45, 2.75) is 0 Å². The van der Waals surface area contributed by atoms with Crippen LogP contribution in [0.15, 0.2) is 48.7 Å². The van der Waals surface area contributed by atoms with Crippen LogP contribution in [0.2, 0.25) is 0 Å². The zero-order valence-electron chi connectivity index (χ0n) is 14.7. The highest BCUT2D eigenvalue weighted by atomic mass is 32.1. The Morgan fingerprint density at radius 3 is 2.74 bits per heavy atom. The van der Waals surface area contributed by atoms with Gasteiger partial charge in [0.15, 0.2) is 11.6 Å². The second-order valence-corrected chi connectivity index (χ2v) is 6.66. The van der Waals surface area contributed by atoms with E-state index in [4.69, 9.17) is 4.74 Å². The van der Waals surface area contributed by atoms with Gasteiger partial charge in [0.2, 0.25) is 5.13 Å². The Hall–Kier alpha value is -3.33. The molecule has 9 heteroatoms. The fraction of sp³-hybridized carbons (Fsp3) is 0.167. The molecule has 138 valence electrons. The lowest BCUT2D eigenvalue weighted by molar-refractivity contribution is -0.130. The Labute approximate surface area is 159 Å². The predicted molar refractivity (Wildman–Crippen MR) is 102 cm³/mol. The molecule has 2 aromatic heterocycles. The Morgan fingerprint density at radius 1 is 1.15 bits per heavy atom. The van der Waals surface area contributed by atoms with Crippen LogP contribution < -0.4 is 10.1 Å². The zero-order valence-corrected chi connectivity index (χ0v) is 15.6. The lowest BCUT2D eigenvalue weighted by Gasteiger charge is -2.11. The van der Waals surface area contributed by atoms with Crippen LogP contribution in [0.5, 0.6) is 5.75 Å². The van der Waals surface area contributed by atoms with Gasteiger partial charge in [-0.3, -0.25) is 19.9 Å². The molecule has 1 aromatic carbocycles. The third-order valence-electron chi connectivity index (χ3n) is 3.49. The van der Waals surface area contributed by atoms with Crippen LogP contribution in [-0.2, 0) is 4.79 Å². The van der Waals surface area contributed by atoms with Gasteiger partial charge in [-0.2, -0.15) is 0 Å². The van der Waals surface area contributed by atoms with Gasteiger partial charge in [-0.15, -0.1) is 10.2 Å². The fourth-order valence-electron chi connectivity index (χ4n) is 2.04. The minimum absolute atomic E-state index is 0.0953. The Morgan fingerprint density at radius 2 is 2.00 bits per heavy atom. The normalized spacial score (nSPS) is 10.3. The fourth-order valence-corrected chi connectivity index (χ4v) is 2.75. The number of carbonyl (C=O) groups excluding carboxylic acids is 2. The molecule has 0 atom stereocenters. The third-order valence-corrected chi connectivity index (χ3v) is 4.35. The molecule has 0 aliphatic heterocycles. The molecule has 3 rings (SSSR count). The minimum atomic E-state index is -0.344. The summed E-state index contributed by atoms with van der Waals surface area (Å²) in [5.41, 5.74) is 1.08. The van der Waals surface area contributed by atoms with Crippen molar-refractivity contribution >= 4 is 28.3 Å². The summed E-state index contributed by atoms with van der Waals surface area (Å²) >= 11 is 1.23. The van der Waals surface area contributed by atoms with Gasteiger partial charge < -0.3 is 9.64 Å². The van der Waals surface area contributed by atoms with Gasteiger partial charge in [-0.25, -0.2) is 0 Å². The number of ether oxygens (including phenoxy) is 1. The van der Waals surface area contributed by atoms with E-state index in [1.165, 1.54) is 16.2 Å². The van der Waals surface area contributed by atoms with Gasteiger partial charge in [0.25, 0.3) is 11.8 Å². The SMILES string of the molecule is CN(C)C(=O)COc1cccc(C(=O)Nc2nnc(-c3ccccn3)s2)c1. The van der Waals surface area contributed by atoms with Crippen LogP contribution in [0.3, 0.4) is 0 Å². The Kier molecular flexibility index (Phi) is 5.72. The van der Waals surface area contributed by atoms with Crippen LogP contribution in [0.1, 0.15) is 10.4 Å². The van der Waals surface area contributed by atoms with Crippen molar-refractivity contribution in [2.24, 2.45) is 0 Å². The number of aromatic nitrogens is 3. The molecule has 2 heterocycles. The van der Waals surface area contributed by atoms with Crippen LogP contribution >= 0.6 is 11.3 Å². The number of amides is 2. The molecule has 2 amide bonds. The van der Waals surface area contributed by atoms with Crippen LogP contribution in [0.4, 0.5) is 5.13 Å². The molecule has 1 N–H and O–H groups in total. The molecule has 0 unspecified atom stereocenters. The average molecular weight is 383 g/mol. The monoisotopic (exact) mass is 383 g/mol. The van der Waals surface area contributed by atoms with Gasteiger partial charge in [0.1, 0.15) is 11.4 Å². The molecule has 3 aromatic rings. The van der Waals surface area contributed by atoms with E-state index in [-0.39, 0.29) is 18.4 Å². The lowest BCUT2D eigenvalue weighted by atomic mass is 10.2. The molecule has 0 bridgehead atoms. The van der Waals surface area contributed by atoms with Crippen molar-refractivity contribution in [2.75, 3.05) is 26.0 Å². The summed E-state index contributed by atoms with van der Waals surface area (Å²) in [4.78, 5) is 29.7. The summed E-state index contributed by atoms with van der Waals surface area (Å²) in [7, 11) is 3.30. The van der Waals surface area contributed by atoms with E-state index in [2.05, 4.69) is 20.5 Å². The topological polar surface area (TPSA) is 97.3 Å². The summed E-state index contributed by atoms with van der Waals surface area (Å²) in [5.74, 6) is -0.0758. The van der Waals surface area contributed by atoms with Gasteiger partial charge >= 0.3 is 0 Å². The summed E-state index contributed by atoms with van der Waals surface area (Å²) in [6.07, 6.45) is 1.67. The van der Waals surface area contributed by atoms with E-state index in [0.29, 0.717) is 27.1 Å². The Bertz CT molecular complexity index is 943. The maximum atomic E-state index is 12.4. The molecule has 0 saturated heterocycles. The predicted octanol–water partition coefficient (Wildman–Crippen LogP) is 2.32. The number of nitrogens with zero attached hydrogens (tertiary/aromatic N) is 4. The highest BCUT2D eigenvalue weighted by Crippen LogP contribution is 2.25. The number of benzene rings is 1. The second kappa shape index (κ2) is 8.37. The number of hydrogen-bond donors (Lipinski definition) is 1. The standard InChI is InChI=1S/C18H17N5O3S/c1-23(2)15(24)11-26-13-7-5-6-12(10-13)16(25)20-18-22-21-17(27-18)14-8-3-4-9-19-14/h3-10H,11H2,1-2H3,(H,20,22,25). The van der Waals surface area contributed by atoms with Gasteiger partial charge in [-0.1, -0.05) is 23.5 Å². The molecule has 0 fully saturated rings. The molecule has 0 aliphatic carbocycles. The van der Waals surface area contributed by atoms with Crippen molar-refractivity contribution in [3.63, 3.8) is 0 Å². The molecule has 27 heavy (non-hydrogen) atoms. The summed E-state index contributed by atoms with van der Waals surface area (Å²) in [6, 6.07) is 12.1. The molecular weight excluding hydrogens is 366 g/mol. The number of rotatable bonds is 6. The number of nitrogens with one attached hydrogen (secondary N) is 1. The van der Waals surface area contributed by atoms with Crippen molar-refractivity contribution < 1.29 is 14.3 Å². The van der Waals surface area contributed by atoms with Gasteiger partial charge in [-0.05, 0) is 30.3 Å². The first kappa shape index (κ1) is 18.5. The molecule has 0 saturated carbocycles. The van der Waals surface area contributed by atoms with E-state index in [0.717, 1.165) is 0 Å².